The van der Waals surface area contributed by atoms with Gasteiger partial charge in [0.2, 0.25) is 0 Å². The number of para-hydroxylation sites is 1. The second-order valence-corrected chi connectivity index (χ2v) is 5.24. The molecular formula is C16H17FN4O2. The topological polar surface area (TPSA) is 82.8 Å². The van der Waals surface area contributed by atoms with E-state index >= 15 is 0 Å². The molecule has 3 aromatic rings. The van der Waals surface area contributed by atoms with Crippen LogP contribution in [-0.2, 0) is 24.4 Å². The maximum absolute atomic E-state index is 13.8. The van der Waals surface area contributed by atoms with E-state index in [9.17, 15) is 9.18 Å². The number of nitrogens with one attached hydrogen (secondary N) is 3. The standard InChI is InChI=1S/C16H17FN4O2/c1-23-9-12-5-11(20-21-12)8-18-7-10-6-15(22)13-3-2-4-14(17)16(13)19-10/h2-6,18H,7-9H2,1H3,(H,19,22)(H,20,21). The maximum atomic E-state index is 13.8. The summed E-state index contributed by atoms with van der Waals surface area (Å²) >= 11 is 0. The summed E-state index contributed by atoms with van der Waals surface area (Å²) in [5.41, 5.74) is 2.40. The number of ether oxygens (including phenoxy) is 1. The van der Waals surface area contributed by atoms with Crippen LogP contribution in [0.25, 0.3) is 10.9 Å². The number of benzene rings is 1. The minimum atomic E-state index is -0.432. The van der Waals surface area contributed by atoms with Gasteiger partial charge in [0.25, 0.3) is 0 Å². The van der Waals surface area contributed by atoms with E-state index in [-0.39, 0.29) is 10.9 Å². The molecule has 2 heterocycles. The highest BCUT2D eigenvalue weighted by Gasteiger charge is 2.06. The number of rotatable bonds is 6. The number of nitrogens with zero attached hydrogens (tertiary/aromatic N) is 1. The van der Waals surface area contributed by atoms with Crippen LogP contribution in [0.1, 0.15) is 17.1 Å². The van der Waals surface area contributed by atoms with E-state index in [1.807, 2.05) is 6.07 Å². The van der Waals surface area contributed by atoms with E-state index in [2.05, 4.69) is 20.5 Å². The Morgan fingerprint density at radius 3 is 2.96 bits per heavy atom. The van der Waals surface area contributed by atoms with Crippen molar-refractivity contribution in [3.8, 4) is 0 Å². The molecule has 3 N–H and O–H groups in total. The molecule has 120 valence electrons. The summed E-state index contributed by atoms with van der Waals surface area (Å²) in [7, 11) is 1.62. The fourth-order valence-electron chi connectivity index (χ4n) is 2.44. The van der Waals surface area contributed by atoms with Crippen molar-refractivity contribution in [3.63, 3.8) is 0 Å². The fourth-order valence-corrected chi connectivity index (χ4v) is 2.44. The van der Waals surface area contributed by atoms with Gasteiger partial charge in [0.05, 0.1) is 23.5 Å². The van der Waals surface area contributed by atoms with Crippen molar-refractivity contribution in [1.82, 2.24) is 20.5 Å². The van der Waals surface area contributed by atoms with Gasteiger partial charge in [-0.3, -0.25) is 9.89 Å². The Hall–Kier alpha value is -2.51. The van der Waals surface area contributed by atoms with Gasteiger partial charge < -0.3 is 15.0 Å². The summed E-state index contributed by atoms with van der Waals surface area (Å²) in [6, 6.07) is 7.85. The zero-order valence-electron chi connectivity index (χ0n) is 12.6. The van der Waals surface area contributed by atoms with Gasteiger partial charge in [0, 0.05) is 37.3 Å². The number of hydrogen-bond donors (Lipinski definition) is 3. The van der Waals surface area contributed by atoms with Crippen molar-refractivity contribution in [3.05, 3.63) is 63.5 Å². The second kappa shape index (κ2) is 6.72. The Morgan fingerprint density at radius 2 is 2.13 bits per heavy atom. The number of H-pyrrole nitrogens is 2. The van der Waals surface area contributed by atoms with Gasteiger partial charge in [-0.2, -0.15) is 5.10 Å². The van der Waals surface area contributed by atoms with Crippen molar-refractivity contribution in [2.45, 2.75) is 19.7 Å². The predicted molar refractivity (Wildman–Crippen MR) is 84.4 cm³/mol. The molecule has 0 saturated heterocycles. The van der Waals surface area contributed by atoms with Crippen molar-refractivity contribution in [2.75, 3.05) is 7.11 Å². The van der Waals surface area contributed by atoms with Crippen LogP contribution in [0, 0.1) is 5.82 Å². The Labute approximate surface area is 131 Å². The third-order valence-corrected chi connectivity index (χ3v) is 3.48. The number of pyridine rings is 1. The number of fused-ring (bicyclic) bond motifs is 1. The van der Waals surface area contributed by atoms with Crippen molar-refractivity contribution < 1.29 is 9.13 Å². The number of methoxy groups -OCH3 is 1. The second-order valence-electron chi connectivity index (χ2n) is 5.24. The lowest BCUT2D eigenvalue weighted by Gasteiger charge is -2.06. The SMILES string of the molecule is COCc1cc(CNCc2cc(=O)c3cccc(F)c3[nH]2)n[nH]1. The summed E-state index contributed by atoms with van der Waals surface area (Å²) < 4.78 is 18.8. The number of halogens is 1. The molecule has 0 aliphatic carbocycles. The minimum absolute atomic E-state index is 0.197. The molecule has 0 spiro atoms. The molecule has 0 unspecified atom stereocenters. The van der Waals surface area contributed by atoms with Crippen molar-refractivity contribution >= 4 is 10.9 Å². The third kappa shape index (κ3) is 3.46. The van der Waals surface area contributed by atoms with E-state index in [4.69, 9.17) is 4.74 Å². The van der Waals surface area contributed by atoms with E-state index in [0.717, 1.165) is 11.4 Å². The number of hydrogen-bond acceptors (Lipinski definition) is 4. The van der Waals surface area contributed by atoms with E-state index in [1.165, 1.54) is 18.2 Å². The molecule has 23 heavy (non-hydrogen) atoms. The highest BCUT2D eigenvalue weighted by molar-refractivity contribution is 5.78. The molecule has 3 rings (SSSR count). The largest absolute Gasteiger partial charge is 0.378 e. The zero-order valence-corrected chi connectivity index (χ0v) is 12.6. The smallest absolute Gasteiger partial charge is 0.189 e. The average Bonchev–Trinajstić information content (AvgIpc) is 2.96. The lowest BCUT2D eigenvalue weighted by molar-refractivity contribution is 0.181. The summed E-state index contributed by atoms with van der Waals surface area (Å²) in [5, 5.41) is 10.5. The first-order chi connectivity index (χ1) is 11.2. The predicted octanol–water partition coefficient (Wildman–Crippen LogP) is 1.83. The van der Waals surface area contributed by atoms with Crippen LogP contribution in [0.5, 0.6) is 0 Å². The summed E-state index contributed by atoms with van der Waals surface area (Å²) in [6.45, 7) is 1.41. The Morgan fingerprint density at radius 1 is 1.26 bits per heavy atom. The molecule has 0 bridgehead atoms. The highest BCUT2D eigenvalue weighted by atomic mass is 19.1. The quantitative estimate of drug-likeness (QED) is 0.648. The summed E-state index contributed by atoms with van der Waals surface area (Å²) in [4.78, 5) is 15.0. The van der Waals surface area contributed by atoms with Gasteiger partial charge in [-0.05, 0) is 18.2 Å². The number of aromatic nitrogens is 3. The van der Waals surface area contributed by atoms with Crippen LogP contribution in [0.3, 0.4) is 0 Å². The van der Waals surface area contributed by atoms with Gasteiger partial charge in [0.15, 0.2) is 5.43 Å². The fraction of sp³-hybridized carbons (Fsp3) is 0.250. The van der Waals surface area contributed by atoms with Gasteiger partial charge in [0.1, 0.15) is 5.82 Å². The first-order valence-electron chi connectivity index (χ1n) is 7.20. The highest BCUT2D eigenvalue weighted by Crippen LogP contribution is 2.12. The maximum Gasteiger partial charge on any atom is 0.189 e. The lowest BCUT2D eigenvalue weighted by atomic mass is 10.2. The molecule has 0 fully saturated rings. The van der Waals surface area contributed by atoms with Crippen LogP contribution in [0.15, 0.2) is 35.1 Å². The first kappa shape index (κ1) is 15.4. The van der Waals surface area contributed by atoms with E-state index < -0.39 is 5.82 Å². The molecule has 0 aliphatic heterocycles. The third-order valence-electron chi connectivity index (χ3n) is 3.48. The summed E-state index contributed by atoms with van der Waals surface area (Å²) in [6.07, 6.45) is 0. The average molecular weight is 316 g/mol. The molecule has 0 atom stereocenters. The van der Waals surface area contributed by atoms with Crippen LogP contribution < -0.4 is 10.7 Å². The first-order valence-corrected chi connectivity index (χ1v) is 7.20. The lowest BCUT2D eigenvalue weighted by Crippen LogP contribution is -2.16. The normalized spacial score (nSPS) is 11.2. The Bertz CT molecular complexity index is 872. The van der Waals surface area contributed by atoms with Gasteiger partial charge in [-0.25, -0.2) is 4.39 Å². The molecule has 7 heteroatoms. The van der Waals surface area contributed by atoms with Crippen molar-refractivity contribution in [2.24, 2.45) is 0 Å². The summed E-state index contributed by atoms with van der Waals surface area (Å²) in [5.74, 6) is -0.432. The van der Waals surface area contributed by atoms with Crippen LogP contribution in [0.2, 0.25) is 0 Å². The zero-order chi connectivity index (χ0) is 16.2. The van der Waals surface area contributed by atoms with Crippen LogP contribution >= 0.6 is 0 Å². The molecule has 6 nitrogen and oxygen atoms in total. The van der Waals surface area contributed by atoms with Crippen LogP contribution in [-0.4, -0.2) is 22.3 Å². The molecule has 0 aliphatic rings. The van der Waals surface area contributed by atoms with Crippen molar-refractivity contribution in [1.29, 1.82) is 0 Å². The molecule has 2 aromatic heterocycles. The van der Waals surface area contributed by atoms with Gasteiger partial charge in [-0.15, -0.1) is 0 Å². The minimum Gasteiger partial charge on any atom is -0.378 e. The van der Waals surface area contributed by atoms with Gasteiger partial charge >= 0.3 is 0 Å². The molecule has 0 saturated carbocycles. The monoisotopic (exact) mass is 316 g/mol. The van der Waals surface area contributed by atoms with Crippen LogP contribution in [0.4, 0.5) is 4.39 Å². The Kier molecular flexibility index (Phi) is 4.50. The number of aromatic amines is 2. The van der Waals surface area contributed by atoms with E-state index in [0.29, 0.717) is 30.8 Å². The van der Waals surface area contributed by atoms with E-state index in [1.54, 1.807) is 13.2 Å². The van der Waals surface area contributed by atoms with Gasteiger partial charge in [-0.1, -0.05) is 6.07 Å². The molecule has 1 aromatic carbocycles. The Balaban J connectivity index is 1.69. The molecule has 0 radical (unpaired) electrons. The molecule has 0 amide bonds. The molecular weight excluding hydrogens is 299 g/mol.